The topological polar surface area (TPSA) is 59.9 Å². The van der Waals surface area contributed by atoms with Crippen molar-refractivity contribution in [2.24, 2.45) is 5.10 Å². The highest BCUT2D eigenvalue weighted by Crippen LogP contribution is 2.20. The van der Waals surface area contributed by atoms with Crippen molar-refractivity contribution < 1.29 is 14.3 Å². The van der Waals surface area contributed by atoms with Crippen LogP contribution in [0.25, 0.3) is 0 Å². The van der Waals surface area contributed by atoms with Crippen molar-refractivity contribution >= 4 is 17.9 Å². The van der Waals surface area contributed by atoms with Gasteiger partial charge in [0.2, 0.25) is 0 Å². The van der Waals surface area contributed by atoms with E-state index in [9.17, 15) is 4.79 Å². The summed E-state index contributed by atoms with van der Waals surface area (Å²) < 4.78 is 10.2. The molecule has 22 heavy (non-hydrogen) atoms. The van der Waals surface area contributed by atoms with Crippen molar-refractivity contribution in [1.29, 1.82) is 0 Å². The molecular formula is C17H18N2O3. The zero-order valence-corrected chi connectivity index (χ0v) is 12.6. The third-order valence-corrected chi connectivity index (χ3v) is 2.89. The van der Waals surface area contributed by atoms with Crippen LogP contribution < -0.4 is 10.2 Å². The van der Waals surface area contributed by atoms with Gasteiger partial charge < -0.3 is 9.47 Å². The molecule has 0 fully saturated rings. The Morgan fingerprint density at radius 3 is 2.68 bits per heavy atom. The summed E-state index contributed by atoms with van der Waals surface area (Å²) in [6, 6.07) is 14.9. The van der Waals surface area contributed by atoms with E-state index in [-0.39, 0.29) is 0 Å². The number of hydrogen-bond donors (Lipinski definition) is 1. The van der Waals surface area contributed by atoms with Gasteiger partial charge in [-0.2, -0.15) is 5.10 Å². The first-order chi connectivity index (χ1) is 10.7. The number of carbonyl (C=O) groups is 1. The molecule has 2 aromatic carbocycles. The van der Waals surface area contributed by atoms with Crippen LogP contribution in [0.2, 0.25) is 0 Å². The molecule has 0 saturated carbocycles. The maximum absolute atomic E-state index is 11.8. The van der Waals surface area contributed by atoms with Gasteiger partial charge in [0.15, 0.2) is 0 Å². The molecule has 0 aromatic heterocycles. The molecule has 0 heterocycles. The second kappa shape index (κ2) is 7.83. The third kappa shape index (κ3) is 4.09. The van der Waals surface area contributed by atoms with Gasteiger partial charge in [-0.15, -0.1) is 0 Å². The molecule has 0 unspecified atom stereocenters. The van der Waals surface area contributed by atoms with E-state index in [2.05, 4.69) is 10.5 Å². The van der Waals surface area contributed by atoms with Crippen molar-refractivity contribution in [3.63, 3.8) is 0 Å². The van der Waals surface area contributed by atoms with Crippen molar-refractivity contribution in [3.05, 3.63) is 59.7 Å². The predicted octanol–water partition coefficient (Wildman–Crippen LogP) is 3.32. The van der Waals surface area contributed by atoms with Gasteiger partial charge in [0, 0.05) is 0 Å². The Balaban J connectivity index is 2.15. The Labute approximate surface area is 129 Å². The quantitative estimate of drug-likeness (QED) is 0.505. The van der Waals surface area contributed by atoms with Gasteiger partial charge >= 0.3 is 5.97 Å². The van der Waals surface area contributed by atoms with E-state index in [4.69, 9.17) is 9.47 Å². The highest BCUT2D eigenvalue weighted by Gasteiger charge is 2.13. The van der Waals surface area contributed by atoms with E-state index in [1.54, 1.807) is 18.3 Å². The number of anilines is 1. The first-order valence-electron chi connectivity index (χ1n) is 6.94. The first kappa shape index (κ1) is 15.6. The fraction of sp³-hybridized carbons (Fsp3) is 0.176. The second-order valence-electron chi connectivity index (χ2n) is 4.42. The highest BCUT2D eigenvalue weighted by molar-refractivity contribution is 5.95. The van der Waals surface area contributed by atoms with Gasteiger partial charge in [0.1, 0.15) is 11.3 Å². The fourth-order valence-electron chi connectivity index (χ4n) is 1.87. The molecule has 0 aliphatic rings. The van der Waals surface area contributed by atoms with Gasteiger partial charge in [0.05, 0.1) is 25.6 Å². The lowest BCUT2D eigenvalue weighted by Crippen LogP contribution is -2.06. The number of para-hydroxylation sites is 1. The van der Waals surface area contributed by atoms with Crippen molar-refractivity contribution in [2.75, 3.05) is 19.1 Å². The highest BCUT2D eigenvalue weighted by atomic mass is 16.5. The van der Waals surface area contributed by atoms with Crippen LogP contribution in [0.4, 0.5) is 5.69 Å². The molecule has 114 valence electrons. The normalized spacial score (nSPS) is 10.5. The standard InChI is InChI=1S/C17H18N2O3/c1-3-22-16-10-9-13(11-15(16)17(20)21-2)12-18-19-14-7-5-4-6-8-14/h4-12,19H,3H2,1-2H3. The minimum atomic E-state index is -0.435. The molecule has 1 N–H and O–H groups in total. The van der Waals surface area contributed by atoms with Gasteiger partial charge in [-0.05, 0) is 42.8 Å². The maximum atomic E-state index is 11.8. The van der Waals surface area contributed by atoms with Gasteiger partial charge in [-0.25, -0.2) is 4.79 Å². The van der Waals surface area contributed by atoms with E-state index in [1.165, 1.54) is 7.11 Å². The van der Waals surface area contributed by atoms with Crippen molar-refractivity contribution in [1.82, 2.24) is 0 Å². The predicted molar refractivity (Wildman–Crippen MR) is 86.6 cm³/mol. The number of esters is 1. The summed E-state index contributed by atoms with van der Waals surface area (Å²) in [5, 5.41) is 4.15. The number of hydrazone groups is 1. The second-order valence-corrected chi connectivity index (χ2v) is 4.42. The van der Waals surface area contributed by atoms with Gasteiger partial charge in [-0.3, -0.25) is 5.43 Å². The molecule has 0 amide bonds. The summed E-state index contributed by atoms with van der Waals surface area (Å²) in [5.74, 6) is 0.0669. The molecule has 5 heteroatoms. The van der Waals surface area contributed by atoms with Gasteiger partial charge in [-0.1, -0.05) is 18.2 Å². The molecule has 0 aliphatic carbocycles. The number of ether oxygens (including phenoxy) is 2. The van der Waals surface area contributed by atoms with Crippen LogP contribution in [-0.4, -0.2) is 25.9 Å². The first-order valence-corrected chi connectivity index (χ1v) is 6.94. The lowest BCUT2D eigenvalue weighted by molar-refractivity contribution is 0.0596. The van der Waals surface area contributed by atoms with E-state index in [0.29, 0.717) is 17.9 Å². The summed E-state index contributed by atoms with van der Waals surface area (Å²) in [6.07, 6.45) is 1.63. The fourth-order valence-corrected chi connectivity index (χ4v) is 1.87. The summed E-state index contributed by atoms with van der Waals surface area (Å²) in [4.78, 5) is 11.8. The monoisotopic (exact) mass is 298 g/mol. The summed E-state index contributed by atoms with van der Waals surface area (Å²) >= 11 is 0. The summed E-state index contributed by atoms with van der Waals surface area (Å²) in [7, 11) is 1.34. The zero-order chi connectivity index (χ0) is 15.8. The summed E-state index contributed by atoms with van der Waals surface area (Å²) in [6.45, 7) is 2.34. The van der Waals surface area contributed by atoms with E-state index in [1.807, 2.05) is 43.3 Å². The number of methoxy groups -OCH3 is 1. The van der Waals surface area contributed by atoms with Crippen LogP contribution in [-0.2, 0) is 4.74 Å². The van der Waals surface area contributed by atoms with Gasteiger partial charge in [0.25, 0.3) is 0 Å². The largest absolute Gasteiger partial charge is 0.493 e. The molecule has 0 spiro atoms. The maximum Gasteiger partial charge on any atom is 0.341 e. The zero-order valence-electron chi connectivity index (χ0n) is 12.6. The van der Waals surface area contributed by atoms with Crippen molar-refractivity contribution in [3.8, 4) is 5.75 Å². The average Bonchev–Trinajstić information content (AvgIpc) is 2.56. The molecule has 0 aliphatic heterocycles. The van der Waals surface area contributed by atoms with Crippen LogP contribution in [0.3, 0.4) is 0 Å². The Bertz CT molecular complexity index is 654. The Kier molecular flexibility index (Phi) is 5.54. The van der Waals surface area contributed by atoms with E-state index >= 15 is 0 Å². The molecule has 0 atom stereocenters. The Morgan fingerprint density at radius 1 is 1.23 bits per heavy atom. The molecule has 2 aromatic rings. The molecular weight excluding hydrogens is 280 g/mol. The lowest BCUT2D eigenvalue weighted by atomic mass is 10.1. The van der Waals surface area contributed by atoms with E-state index < -0.39 is 5.97 Å². The minimum Gasteiger partial charge on any atom is -0.493 e. The summed E-state index contributed by atoms with van der Waals surface area (Å²) in [5.41, 5.74) is 4.96. The smallest absolute Gasteiger partial charge is 0.341 e. The Hall–Kier alpha value is -2.82. The number of nitrogens with one attached hydrogen (secondary N) is 1. The number of carbonyl (C=O) groups excluding carboxylic acids is 1. The SMILES string of the molecule is CCOc1ccc(C=NNc2ccccc2)cc1C(=O)OC. The number of rotatable bonds is 6. The Morgan fingerprint density at radius 2 is 2.00 bits per heavy atom. The van der Waals surface area contributed by atoms with Crippen LogP contribution in [0, 0.1) is 0 Å². The van der Waals surface area contributed by atoms with Crippen molar-refractivity contribution in [2.45, 2.75) is 6.92 Å². The van der Waals surface area contributed by atoms with Crippen LogP contribution >= 0.6 is 0 Å². The molecule has 0 bridgehead atoms. The third-order valence-electron chi connectivity index (χ3n) is 2.89. The van der Waals surface area contributed by atoms with Crippen LogP contribution in [0.5, 0.6) is 5.75 Å². The molecule has 2 rings (SSSR count). The number of nitrogens with zero attached hydrogens (tertiary/aromatic N) is 1. The lowest BCUT2D eigenvalue weighted by Gasteiger charge is -2.09. The minimum absolute atomic E-state index is 0.382. The average molecular weight is 298 g/mol. The molecule has 5 nitrogen and oxygen atoms in total. The van der Waals surface area contributed by atoms with Crippen LogP contribution in [0.15, 0.2) is 53.6 Å². The molecule has 0 radical (unpaired) electrons. The van der Waals surface area contributed by atoms with E-state index in [0.717, 1.165) is 11.3 Å². The van der Waals surface area contributed by atoms with Crippen LogP contribution in [0.1, 0.15) is 22.8 Å². The number of hydrogen-bond acceptors (Lipinski definition) is 5. The number of benzene rings is 2. The molecule has 0 saturated heterocycles.